The third kappa shape index (κ3) is 10.8. The zero-order chi connectivity index (χ0) is 3.41. The molecule has 0 aliphatic rings. The average molecular weight is 199 g/mol. The van der Waals surface area contributed by atoms with Gasteiger partial charge in [-0.15, -0.1) is 0 Å². The van der Waals surface area contributed by atoms with Crippen molar-refractivity contribution in [1.29, 1.82) is 0 Å². The second kappa shape index (κ2) is 9.09. The van der Waals surface area contributed by atoms with Gasteiger partial charge >= 0.3 is 48.9 Å². The Labute approximate surface area is 75.3 Å². The first kappa shape index (κ1) is 9.70. The fraction of sp³-hybridized carbons (Fsp3) is 1.00. The van der Waals surface area contributed by atoms with Crippen molar-refractivity contribution < 1.29 is 2.85 Å². The Bertz CT molecular complexity index is 15.7. The van der Waals surface area contributed by atoms with Crippen LogP contribution in [0.3, 0.4) is 0 Å². The van der Waals surface area contributed by atoms with Crippen molar-refractivity contribution in [3.05, 3.63) is 0 Å². The predicted molar refractivity (Wildman–Crippen MR) is 26.1 cm³/mol. The minimum absolute atomic E-state index is 0. The van der Waals surface area contributed by atoms with Crippen LogP contribution >= 0.6 is 0 Å². The molecule has 0 saturated heterocycles. The van der Waals surface area contributed by atoms with E-state index in [2.05, 4.69) is 0 Å². The molecule has 4 N–H and O–H groups in total. The summed E-state index contributed by atoms with van der Waals surface area (Å²) in [5.74, 6) is 0. The maximum Gasteiger partial charge on any atom is 2.00 e. The van der Waals surface area contributed by atoms with Gasteiger partial charge in [-0.3, -0.25) is 0 Å². The molecule has 0 heterocycles. The summed E-state index contributed by atoms with van der Waals surface area (Å²) < 4.78 is 0. The van der Waals surface area contributed by atoms with Gasteiger partial charge in [-0.1, -0.05) is 0 Å². The van der Waals surface area contributed by atoms with Gasteiger partial charge in [0.1, 0.15) is 0 Å². The number of rotatable bonds is 1. The standard InChI is InChI=1S/C2H8N2.Ba.2H/c3-1-2-4;;;/h1-4H2;;;/q;+2;2*-1. The molecule has 0 aromatic rings. The van der Waals surface area contributed by atoms with Crippen molar-refractivity contribution in [3.8, 4) is 0 Å². The monoisotopic (exact) mass is 200 g/mol. The molecule has 0 aromatic carbocycles. The molecular weight excluding hydrogens is 189 g/mol. The van der Waals surface area contributed by atoms with Crippen LogP contribution in [0.15, 0.2) is 0 Å². The largest absolute Gasteiger partial charge is 2.00 e. The minimum Gasteiger partial charge on any atom is -1.00 e. The van der Waals surface area contributed by atoms with Crippen molar-refractivity contribution in [1.82, 2.24) is 0 Å². The molecule has 0 atom stereocenters. The maximum atomic E-state index is 4.90. The molecule has 0 fully saturated rings. The van der Waals surface area contributed by atoms with E-state index in [-0.39, 0.29) is 51.7 Å². The van der Waals surface area contributed by atoms with Crippen LogP contribution in [0.4, 0.5) is 0 Å². The summed E-state index contributed by atoms with van der Waals surface area (Å²) in [7, 11) is 0. The summed E-state index contributed by atoms with van der Waals surface area (Å²) in [6, 6.07) is 0. The van der Waals surface area contributed by atoms with Crippen molar-refractivity contribution in [2.45, 2.75) is 0 Å². The smallest absolute Gasteiger partial charge is 1.00 e. The Hall–Kier alpha value is 1.49. The first-order valence-electron chi connectivity index (χ1n) is 1.32. The molecule has 5 heavy (non-hydrogen) atoms. The molecule has 0 amide bonds. The second-order valence-electron chi connectivity index (χ2n) is 0.577. The number of nitrogens with two attached hydrogens (primary N) is 2. The van der Waals surface area contributed by atoms with Gasteiger partial charge in [0.2, 0.25) is 0 Å². The fourth-order valence-corrected chi connectivity index (χ4v) is 0. The average Bonchev–Trinajstić information content (AvgIpc) is 1.37. The topological polar surface area (TPSA) is 52.0 Å². The summed E-state index contributed by atoms with van der Waals surface area (Å²) >= 11 is 0. The Morgan fingerprint density at radius 1 is 1.20 bits per heavy atom. The van der Waals surface area contributed by atoms with Crippen LogP contribution in [0, 0.1) is 0 Å². The van der Waals surface area contributed by atoms with Gasteiger partial charge in [0, 0.05) is 13.1 Å². The molecular formula is C2H10BaN2. The Balaban J connectivity index is -0.0000000150. The zero-order valence-electron chi connectivity index (χ0n) is 5.28. The number of hydrogen-bond acceptors (Lipinski definition) is 2. The molecule has 0 bridgehead atoms. The molecule has 0 unspecified atom stereocenters. The normalized spacial score (nSPS) is 6.00. The molecule has 0 aromatic heterocycles. The molecule has 2 nitrogen and oxygen atoms in total. The molecule has 0 radical (unpaired) electrons. The summed E-state index contributed by atoms with van der Waals surface area (Å²) in [6.07, 6.45) is 0. The SMILES string of the molecule is NCCN.[Ba+2].[H-].[H-]. The molecule has 0 aliphatic carbocycles. The van der Waals surface area contributed by atoms with Crippen LogP contribution in [0.2, 0.25) is 0 Å². The summed E-state index contributed by atoms with van der Waals surface area (Å²) in [5, 5.41) is 0. The zero-order valence-corrected chi connectivity index (χ0v) is 7.72. The van der Waals surface area contributed by atoms with E-state index >= 15 is 0 Å². The van der Waals surface area contributed by atoms with Crippen LogP contribution in [-0.4, -0.2) is 62.0 Å². The first-order chi connectivity index (χ1) is 1.91. The van der Waals surface area contributed by atoms with Crippen molar-refractivity contribution in [2.24, 2.45) is 11.5 Å². The minimum atomic E-state index is 0. The molecule has 3 heteroatoms. The van der Waals surface area contributed by atoms with E-state index in [0.29, 0.717) is 13.1 Å². The van der Waals surface area contributed by atoms with Crippen LogP contribution in [0.25, 0.3) is 0 Å². The van der Waals surface area contributed by atoms with Gasteiger partial charge in [0.15, 0.2) is 0 Å². The third-order valence-electron chi connectivity index (χ3n) is 0.167. The molecule has 0 aliphatic heterocycles. The van der Waals surface area contributed by atoms with E-state index < -0.39 is 0 Å². The molecule has 30 valence electrons. The van der Waals surface area contributed by atoms with Gasteiger partial charge in [-0.05, 0) is 0 Å². The van der Waals surface area contributed by atoms with Crippen LogP contribution in [0.5, 0.6) is 0 Å². The number of hydrogen-bond donors (Lipinski definition) is 2. The van der Waals surface area contributed by atoms with E-state index in [9.17, 15) is 0 Å². The van der Waals surface area contributed by atoms with Gasteiger partial charge in [-0.2, -0.15) is 0 Å². The van der Waals surface area contributed by atoms with Crippen LogP contribution < -0.4 is 11.5 Å². The van der Waals surface area contributed by atoms with Crippen molar-refractivity contribution in [3.63, 3.8) is 0 Å². The van der Waals surface area contributed by atoms with Crippen LogP contribution in [0.1, 0.15) is 2.85 Å². The van der Waals surface area contributed by atoms with Gasteiger partial charge in [-0.25, -0.2) is 0 Å². The fourth-order valence-electron chi connectivity index (χ4n) is 0. The third-order valence-corrected chi connectivity index (χ3v) is 0.167. The Morgan fingerprint density at radius 2 is 1.40 bits per heavy atom. The van der Waals surface area contributed by atoms with E-state index in [4.69, 9.17) is 11.5 Å². The van der Waals surface area contributed by atoms with E-state index in [1.807, 2.05) is 0 Å². The van der Waals surface area contributed by atoms with E-state index in [0.717, 1.165) is 0 Å². The molecule has 0 spiro atoms. The van der Waals surface area contributed by atoms with Crippen LogP contribution in [-0.2, 0) is 0 Å². The summed E-state index contributed by atoms with van der Waals surface area (Å²) in [5.41, 5.74) is 9.81. The van der Waals surface area contributed by atoms with E-state index in [1.54, 1.807) is 0 Å². The maximum absolute atomic E-state index is 4.90. The Morgan fingerprint density at radius 3 is 1.40 bits per heavy atom. The first-order valence-corrected chi connectivity index (χ1v) is 1.32. The Kier molecular flexibility index (Phi) is 17.6. The van der Waals surface area contributed by atoms with Crippen molar-refractivity contribution >= 4 is 48.9 Å². The van der Waals surface area contributed by atoms with Gasteiger partial charge in [0.05, 0.1) is 0 Å². The van der Waals surface area contributed by atoms with Gasteiger partial charge < -0.3 is 14.3 Å². The predicted octanol–water partition coefficient (Wildman–Crippen LogP) is -1.25. The molecule has 0 saturated carbocycles. The van der Waals surface area contributed by atoms with Gasteiger partial charge in [0.25, 0.3) is 0 Å². The summed E-state index contributed by atoms with van der Waals surface area (Å²) in [4.78, 5) is 0. The quantitative estimate of drug-likeness (QED) is 0.519. The van der Waals surface area contributed by atoms with E-state index in [1.165, 1.54) is 0 Å². The molecule has 0 rings (SSSR count). The van der Waals surface area contributed by atoms with Crippen molar-refractivity contribution in [2.75, 3.05) is 13.1 Å². The summed E-state index contributed by atoms with van der Waals surface area (Å²) in [6.45, 7) is 1.19. The second-order valence-corrected chi connectivity index (χ2v) is 0.577.